The molecule has 0 radical (unpaired) electrons. The highest BCUT2D eigenvalue weighted by Crippen LogP contribution is 2.33. The summed E-state index contributed by atoms with van der Waals surface area (Å²) in [6.07, 6.45) is 6.98. The van der Waals surface area contributed by atoms with Gasteiger partial charge in [-0.2, -0.15) is 5.10 Å². The van der Waals surface area contributed by atoms with Crippen LogP contribution in [-0.2, 0) is 6.42 Å². The van der Waals surface area contributed by atoms with Crippen molar-refractivity contribution < 1.29 is 0 Å². The Morgan fingerprint density at radius 1 is 1.47 bits per heavy atom. The first-order valence-electron chi connectivity index (χ1n) is 6.87. The maximum Gasteiger partial charge on any atom is 0.0640 e. The molecule has 3 atom stereocenters. The van der Waals surface area contributed by atoms with E-state index < -0.39 is 0 Å². The summed E-state index contributed by atoms with van der Waals surface area (Å²) in [6, 6.07) is 2.83. The summed E-state index contributed by atoms with van der Waals surface area (Å²) < 4.78 is 2.01. The maximum absolute atomic E-state index is 6.34. The molecular formula is C14H25N3. The van der Waals surface area contributed by atoms with E-state index in [-0.39, 0.29) is 6.04 Å². The third-order valence-corrected chi connectivity index (χ3v) is 4.12. The summed E-state index contributed by atoms with van der Waals surface area (Å²) in [6.45, 7) is 6.63. The van der Waals surface area contributed by atoms with Crippen LogP contribution >= 0.6 is 0 Å². The van der Waals surface area contributed by atoms with Crippen LogP contribution in [0.25, 0.3) is 0 Å². The third kappa shape index (κ3) is 2.89. The minimum Gasteiger partial charge on any atom is -0.327 e. The lowest BCUT2D eigenvalue weighted by Gasteiger charge is -2.22. The van der Waals surface area contributed by atoms with Crippen molar-refractivity contribution in [2.24, 2.45) is 17.6 Å². The second kappa shape index (κ2) is 5.21. The molecule has 1 aromatic heterocycles. The number of aromatic nitrogens is 2. The van der Waals surface area contributed by atoms with Crippen molar-refractivity contribution in [1.29, 1.82) is 0 Å². The van der Waals surface area contributed by atoms with Crippen LogP contribution in [0.5, 0.6) is 0 Å². The van der Waals surface area contributed by atoms with Crippen LogP contribution in [-0.4, -0.2) is 15.8 Å². The Morgan fingerprint density at radius 2 is 2.24 bits per heavy atom. The first-order valence-corrected chi connectivity index (χ1v) is 6.87. The Kier molecular flexibility index (Phi) is 3.87. The van der Waals surface area contributed by atoms with Crippen LogP contribution in [0.4, 0.5) is 0 Å². The number of hydrogen-bond acceptors (Lipinski definition) is 2. The molecule has 3 nitrogen and oxygen atoms in total. The quantitative estimate of drug-likeness (QED) is 0.872. The van der Waals surface area contributed by atoms with E-state index in [1.54, 1.807) is 0 Å². The standard InChI is InChI=1S/C14H25N3/c1-10(2)17-8-7-12(16-17)9-14(15)13-6-4-5-11(13)3/h7-8,10-11,13-14H,4-6,9,15H2,1-3H3. The maximum atomic E-state index is 6.34. The van der Waals surface area contributed by atoms with Crippen LogP contribution in [0.3, 0.4) is 0 Å². The predicted molar refractivity (Wildman–Crippen MR) is 70.8 cm³/mol. The summed E-state index contributed by atoms with van der Waals surface area (Å²) >= 11 is 0. The third-order valence-electron chi connectivity index (χ3n) is 4.12. The Hall–Kier alpha value is -0.830. The van der Waals surface area contributed by atoms with Crippen LogP contribution in [0.15, 0.2) is 12.3 Å². The molecule has 0 spiro atoms. The molecule has 1 aliphatic carbocycles. The molecule has 1 aliphatic rings. The van der Waals surface area contributed by atoms with Gasteiger partial charge in [-0.15, -0.1) is 0 Å². The average molecular weight is 235 g/mol. The molecule has 0 aromatic carbocycles. The largest absolute Gasteiger partial charge is 0.327 e. The van der Waals surface area contributed by atoms with Gasteiger partial charge in [0, 0.05) is 24.7 Å². The van der Waals surface area contributed by atoms with Gasteiger partial charge in [-0.25, -0.2) is 0 Å². The van der Waals surface area contributed by atoms with Gasteiger partial charge >= 0.3 is 0 Å². The van der Waals surface area contributed by atoms with E-state index in [4.69, 9.17) is 5.73 Å². The van der Waals surface area contributed by atoms with E-state index in [2.05, 4.69) is 38.1 Å². The van der Waals surface area contributed by atoms with Crippen molar-refractivity contribution in [3.05, 3.63) is 18.0 Å². The molecule has 3 heteroatoms. The lowest BCUT2D eigenvalue weighted by Crippen LogP contribution is -2.33. The zero-order valence-corrected chi connectivity index (χ0v) is 11.3. The summed E-state index contributed by atoms with van der Waals surface area (Å²) in [4.78, 5) is 0. The minimum atomic E-state index is 0.281. The molecule has 1 fully saturated rings. The summed E-state index contributed by atoms with van der Waals surface area (Å²) in [5.41, 5.74) is 7.48. The highest BCUT2D eigenvalue weighted by atomic mass is 15.3. The van der Waals surface area contributed by atoms with E-state index in [0.29, 0.717) is 12.0 Å². The first-order chi connectivity index (χ1) is 8.08. The van der Waals surface area contributed by atoms with Crippen molar-refractivity contribution in [3.8, 4) is 0 Å². The molecule has 0 aliphatic heterocycles. The highest BCUT2D eigenvalue weighted by Gasteiger charge is 2.29. The number of nitrogens with two attached hydrogens (primary N) is 1. The van der Waals surface area contributed by atoms with Crippen molar-refractivity contribution in [1.82, 2.24) is 9.78 Å². The van der Waals surface area contributed by atoms with Gasteiger partial charge in [-0.1, -0.05) is 19.8 Å². The number of rotatable bonds is 4. The van der Waals surface area contributed by atoms with Crippen molar-refractivity contribution in [2.75, 3.05) is 0 Å². The number of nitrogens with zero attached hydrogens (tertiary/aromatic N) is 2. The Bertz CT molecular complexity index is 356. The molecule has 96 valence electrons. The van der Waals surface area contributed by atoms with E-state index in [1.165, 1.54) is 19.3 Å². The topological polar surface area (TPSA) is 43.8 Å². The summed E-state index contributed by atoms with van der Waals surface area (Å²) in [7, 11) is 0. The average Bonchev–Trinajstić information content (AvgIpc) is 2.86. The zero-order chi connectivity index (χ0) is 12.4. The van der Waals surface area contributed by atoms with Gasteiger partial charge in [0.05, 0.1) is 5.69 Å². The van der Waals surface area contributed by atoms with Crippen LogP contribution in [0.1, 0.15) is 51.8 Å². The van der Waals surface area contributed by atoms with E-state index in [0.717, 1.165) is 18.0 Å². The molecule has 1 heterocycles. The minimum absolute atomic E-state index is 0.281. The van der Waals surface area contributed by atoms with Crippen molar-refractivity contribution in [3.63, 3.8) is 0 Å². The Morgan fingerprint density at radius 3 is 2.76 bits per heavy atom. The lowest BCUT2D eigenvalue weighted by atomic mass is 9.88. The van der Waals surface area contributed by atoms with Gasteiger partial charge < -0.3 is 5.73 Å². The van der Waals surface area contributed by atoms with Gasteiger partial charge in [-0.3, -0.25) is 4.68 Å². The Labute approximate surface area is 104 Å². The molecule has 0 saturated heterocycles. The molecule has 2 N–H and O–H groups in total. The molecular weight excluding hydrogens is 210 g/mol. The first kappa shape index (κ1) is 12.6. The predicted octanol–water partition coefficient (Wildman–Crippen LogP) is 2.77. The van der Waals surface area contributed by atoms with Gasteiger partial charge in [0.1, 0.15) is 0 Å². The zero-order valence-electron chi connectivity index (χ0n) is 11.3. The summed E-state index contributed by atoms with van der Waals surface area (Å²) in [5.74, 6) is 1.48. The molecule has 2 rings (SSSR count). The fourth-order valence-corrected chi connectivity index (χ4v) is 2.98. The Balaban J connectivity index is 1.95. The second-order valence-corrected chi connectivity index (χ2v) is 5.82. The second-order valence-electron chi connectivity index (χ2n) is 5.82. The fourth-order valence-electron chi connectivity index (χ4n) is 2.98. The van der Waals surface area contributed by atoms with Crippen LogP contribution in [0, 0.1) is 11.8 Å². The van der Waals surface area contributed by atoms with Crippen molar-refractivity contribution >= 4 is 0 Å². The molecule has 0 amide bonds. The summed E-state index contributed by atoms with van der Waals surface area (Å²) in [5, 5.41) is 4.58. The fraction of sp³-hybridized carbons (Fsp3) is 0.786. The molecule has 3 unspecified atom stereocenters. The number of hydrogen-bond donors (Lipinski definition) is 1. The highest BCUT2D eigenvalue weighted by molar-refractivity contribution is 5.03. The lowest BCUT2D eigenvalue weighted by molar-refractivity contribution is 0.340. The van der Waals surface area contributed by atoms with Gasteiger partial charge in [-0.05, 0) is 38.2 Å². The smallest absolute Gasteiger partial charge is 0.0640 e. The van der Waals surface area contributed by atoms with Gasteiger partial charge in [0.25, 0.3) is 0 Å². The van der Waals surface area contributed by atoms with E-state index in [9.17, 15) is 0 Å². The van der Waals surface area contributed by atoms with E-state index >= 15 is 0 Å². The molecule has 1 saturated carbocycles. The monoisotopic (exact) mass is 235 g/mol. The van der Waals surface area contributed by atoms with Gasteiger partial charge in [0.2, 0.25) is 0 Å². The van der Waals surface area contributed by atoms with Gasteiger partial charge in [0.15, 0.2) is 0 Å². The normalized spacial score (nSPS) is 26.6. The van der Waals surface area contributed by atoms with Crippen molar-refractivity contribution in [2.45, 2.75) is 58.5 Å². The SMILES string of the molecule is CC1CCCC1C(N)Cc1ccn(C(C)C)n1. The molecule has 17 heavy (non-hydrogen) atoms. The molecule has 1 aromatic rings. The van der Waals surface area contributed by atoms with E-state index in [1.807, 2.05) is 4.68 Å². The van der Waals surface area contributed by atoms with Crippen LogP contribution < -0.4 is 5.73 Å². The molecule has 0 bridgehead atoms. The van der Waals surface area contributed by atoms with Crippen LogP contribution in [0.2, 0.25) is 0 Å².